The number of rotatable bonds is 6. The van der Waals surface area contributed by atoms with Crippen molar-refractivity contribution in [2.75, 3.05) is 11.9 Å². The number of anilines is 1. The number of nitrogens with zero attached hydrogens (tertiary/aromatic N) is 6. The van der Waals surface area contributed by atoms with Crippen LogP contribution in [0.4, 0.5) is 5.69 Å². The van der Waals surface area contributed by atoms with Gasteiger partial charge in [-0.15, -0.1) is 10.2 Å². The Hall–Kier alpha value is -4.01. The first-order valence-electron chi connectivity index (χ1n) is 9.52. The third kappa shape index (κ3) is 3.64. The molecule has 0 unspecified atom stereocenters. The predicted octanol–water partition coefficient (Wildman–Crippen LogP) is 3.12. The predicted molar refractivity (Wildman–Crippen MR) is 111 cm³/mol. The number of nitrogens with one attached hydrogen (secondary N) is 1. The number of carbonyl (C=O) groups is 1. The van der Waals surface area contributed by atoms with Gasteiger partial charge in [-0.3, -0.25) is 4.79 Å². The van der Waals surface area contributed by atoms with E-state index < -0.39 is 0 Å². The number of amides is 1. The highest BCUT2D eigenvalue weighted by atomic mass is 16.5. The molecule has 0 bridgehead atoms. The van der Waals surface area contributed by atoms with Crippen molar-refractivity contribution in [3.05, 3.63) is 71.8 Å². The molecule has 4 aromatic rings. The number of aromatic nitrogens is 6. The van der Waals surface area contributed by atoms with Crippen LogP contribution in [-0.2, 0) is 0 Å². The van der Waals surface area contributed by atoms with E-state index in [1.165, 1.54) is 0 Å². The molecule has 0 spiro atoms. The fourth-order valence-electron chi connectivity index (χ4n) is 3.10. The standard InChI is InChI=1S/C21H21N7O2/c1-4-30-19-8-6-5-7-18(19)28-15(3)20(24-26-28)21(29)23-16-9-11-17(12-10-16)27-14(2)13-22-25-27/h5-13H,4H2,1-3H3,(H,23,29). The molecule has 2 aromatic carbocycles. The van der Waals surface area contributed by atoms with Crippen LogP contribution in [0.1, 0.15) is 28.8 Å². The number of aryl methyl sites for hydroxylation is 1. The zero-order chi connectivity index (χ0) is 21.1. The molecule has 2 aromatic heterocycles. The van der Waals surface area contributed by atoms with Gasteiger partial charge in [0.2, 0.25) is 0 Å². The molecule has 2 heterocycles. The van der Waals surface area contributed by atoms with E-state index in [2.05, 4.69) is 25.9 Å². The van der Waals surface area contributed by atoms with Crippen LogP contribution in [0.15, 0.2) is 54.7 Å². The van der Waals surface area contributed by atoms with Crippen LogP contribution in [0.5, 0.6) is 5.75 Å². The van der Waals surface area contributed by atoms with Crippen LogP contribution in [0.2, 0.25) is 0 Å². The van der Waals surface area contributed by atoms with Gasteiger partial charge in [-0.05, 0) is 57.2 Å². The zero-order valence-corrected chi connectivity index (χ0v) is 16.9. The van der Waals surface area contributed by atoms with Crippen LogP contribution in [0, 0.1) is 13.8 Å². The number of para-hydroxylation sites is 2. The van der Waals surface area contributed by atoms with Crippen molar-refractivity contribution in [3.63, 3.8) is 0 Å². The Morgan fingerprint density at radius 1 is 1.03 bits per heavy atom. The number of hydrogen-bond donors (Lipinski definition) is 1. The molecule has 0 atom stereocenters. The highest BCUT2D eigenvalue weighted by molar-refractivity contribution is 6.03. The minimum absolute atomic E-state index is 0.248. The summed E-state index contributed by atoms with van der Waals surface area (Å²) in [5, 5.41) is 19.0. The lowest BCUT2D eigenvalue weighted by Crippen LogP contribution is -2.14. The van der Waals surface area contributed by atoms with E-state index in [-0.39, 0.29) is 11.6 Å². The van der Waals surface area contributed by atoms with Crippen LogP contribution in [0.3, 0.4) is 0 Å². The van der Waals surface area contributed by atoms with Gasteiger partial charge in [0.05, 0.1) is 29.9 Å². The maximum atomic E-state index is 12.8. The molecular formula is C21H21N7O2. The fourth-order valence-corrected chi connectivity index (χ4v) is 3.10. The monoisotopic (exact) mass is 403 g/mol. The summed E-state index contributed by atoms with van der Waals surface area (Å²) in [6.07, 6.45) is 1.69. The molecular weight excluding hydrogens is 382 g/mol. The van der Waals surface area contributed by atoms with Crippen molar-refractivity contribution < 1.29 is 9.53 Å². The Bertz CT molecular complexity index is 1180. The van der Waals surface area contributed by atoms with Gasteiger partial charge in [0.25, 0.3) is 5.91 Å². The second-order valence-corrected chi connectivity index (χ2v) is 6.62. The van der Waals surface area contributed by atoms with E-state index in [9.17, 15) is 4.79 Å². The van der Waals surface area contributed by atoms with Crippen LogP contribution in [-0.4, -0.2) is 42.5 Å². The van der Waals surface area contributed by atoms with Crippen molar-refractivity contribution >= 4 is 11.6 Å². The molecule has 30 heavy (non-hydrogen) atoms. The molecule has 0 saturated carbocycles. The van der Waals surface area contributed by atoms with E-state index in [0.717, 1.165) is 17.1 Å². The molecule has 9 nitrogen and oxygen atoms in total. The molecule has 0 aliphatic rings. The number of benzene rings is 2. The Balaban J connectivity index is 1.55. The first-order chi connectivity index (χ1) is 14.6. The summed E-state index contributed by atoms with van der Waals surface area (Å²) >= 11 is 0. The van der Waals surface area contributed by atoms with E-state index in [1.807, 2.05) is 50.2 Å². The van der Waals surface area contributed by atoms with Crippen LogP contribution >= 0.6 is 0 Å². The molecule has 0 fully saturated rings. The maximum absolute atomic E-state index is 12.8. The van der Waals surface area contributed by atoms with Crippen LogP contribution < -0.4 is 10.1 Å². The first kappa shape index (κ1) is 19.3. The smallest absolute Gasteiger partial charge is 0.278 e. The minimum atomic E-state index is -0.336. The minimum Gasteiger partial charge on any atom is -0.492 e. The highest BCUT2D eigenvalue weighted by Gasteiger charge is 2.19. The summed E-state index contributed by atoms with van der Waals surface area (Å²) < 4.78 is 8.99. The lowest BCUT2D eigenvalue weighted by Gasteiger charge is -2.10. The van der Waals surface area contributed by atoms with Crippen molar-refractivity contribution in [2.45, 2.75) is 20.8 Å². The molecule has 152 valence electrons. The molecule has 0 aliphatic heterocycles. The molecule has 4 rings (SSSR count). The summed E-state index contributed by atoms with van der Waals surface area (Å²) in [5.41, 5.74) is 4.03. The van der Waals surface area contributed by atoms with Gasteiger partial charge >= 0.3 is 0 Å². The zero-order valence-electron chi connectivity index (χ0n) is 16.9. The second-order valence-electron chi connectivity index (χ2n) is 6.62. The molecule has 0 aliphatic carbocycles. The fraction of sp³-hybridized carbons (Fsp3) is 0.190. The van der Waals surface area contributed by atoms with Gasteiger partial charge in [0.1, 0.15) is 11.4 Å². The molecule has 1 N–H and O–H groups in total. The quantitative estimate of drug-likeness (QED) is 0.531. The van der Waals surface area contributed by atoms with Gasteiger partial charge in [-0.25, -0.2) is 9.36 Å². The second kappa shape index (κ2) is 8.16. The summed E-state index contributed by atoms with van der Waals surface area (Å²) in [6, 6.07) is 14.8. The highest BCUT2D eigenvalue weighted by Crippen LogP contribution is 2.24. The average molecular weight is 403 g/mol. The number of carbonyl (C=O) groups excluding carboxylic acids is 1. The Morgan fingerprint density at radius 2 is 1.80 bits per heavy atom. The van der Waals surface area contributed by atoms with Gasteiger partial charge in [-0.1, -0.05) is 22.6 Å². The molecule has 0 radical (unpaired) electrons. The molecule has 9 heteroatoms. The Kier molecular flexibility index (Phi) is 5.25. The third-order valence-electron chi connectivity index (χ3n) is 4.59. The molecule has 1 amide bonds. The lowest BCUT2D eigenvalue weighted by molar-refractivity contribution is 0.102. The van der Waals surface area contributed by atoms with Crippen LogP contribution in [0.25, 0.3) is 11.4 Å². The van der Waals surface area contributed by atoms with Gasteiger partial charge < -0.3 is 10.1 Å². The largest absolute Gasteiger partial charge is 0.492 e. The third-order valence-corrected chi connectivity index (χ3v) is 4.59. The van der Waals surface area contributed by atoms with Crippen molar-refractivity contribution in [1.82, 2.24) is 30.0 Å². The van der Waals surface area contributed by atoms with Crippen molar-refractivity contribution in [3.8, 4) is 17.1 Å². The first-order valence-corrected chi connectivity index (χ1v) is 9.52. The Morgan fingerprint density at radius 3 is 2.50 bits per heavy atom. The SMILES string of the molecule is CCOc1ccccc1-n1nnc(C(=O)Nc2ccc(-n3nncc3C)cc2)c1C. The Labute approximate surface area is 173 Å². The summed E-state index contributed by atoms with van der Waals surface area (Å²) in [7, 11) is 0. The summed E-state index contributed by atoms with van der Waals surface area (Å²) in [6.45, 7) is 6.17. The van der Waals surface area contributed by atoms with E-state index in [1.54, 1.807) is 34.6 Å². The summed E-state index contributed by atoms with van der Waals surface area (Å²) in [4.78, 5) is 12.8. The average Bonchev–Trinajstić information content (AvgIpc) is 3.35. The van der Waals surface area contributed by atoms with Crippen molar-refractivity contribution in [2.24, 2.45) is 0 Å². The maximum Gasteiger partial charge on any atom is 0.278 e. The van der Waals surface area contributed by atoms with Gasteiger partial charge in [0.15, 0.2) is 5.69 Å². The topological polar surface area (TPSA) is 99.8 Å². The van der Waals surface area contributed by atoms with E-state index >= 15 is 0 Å². The lowest BCUT2D eigenvalue weighted by atomic mass is 10.2. The van der Waals surface area contributed by atoms with E-state index in [4.69, 9.17) is 4.74 Å². The van der Waals surface area contributed by atoms with Gasteiger partial charge in [0, 0.05) is 5.69 Å². The van der Waals surface area contributed by atoms with Crippen molar-refractivity contribution in [1.29, 1.82) is 0 Å². The summed E-state index contributed by atoms with van der Waals surface area (Å²) in [5.74, 6) is 0.344. The molecule has 0 saturated heterocycles. The van der Waals surface area contributed by atoms with E-state index in [0.29, 0.717) is 23.7 Å². The number of ether oxygens (including phenoxy) is 1. The normalized spacial score (nSPS) is 10.8. The number of hydrogen-bond acceptors (Lipinski definition) is 6. The van der Waals surface area contributed by atoms with Gasteiger partial charge in [-0.2, -0.15) is 0 Å².